The summed E-state index contributed by atoms with van der Waals surface area (Å²) in [7, 11) is 0. The van der Waals surface area contributed by atoms with Crippen LogP contribution in [0.3, 0.4) is 0 Å². The van der Waals surface area contributed by atoms with Crippen LogP contribution in [0.5, 0.6) is 5.75 Å². The van der Waals surface area contributed by atoms with Crippen LogP contribution in [0.1, 0.15) is 35.2 Å². The third-order valence-corrected chi connectivity index (χ3v) is 4.33. The largest absolute Gasteiger partial charge is 0.484 e. The van der Waals surface area contributed by atoms with E-state index in [0.29, 0.717) is 10.8 Å². The maximum Gasteiger partial charge on any atom is 0.258 e. The van der Waals surface area contributed by atoms with Crippen molar-refractivity contribution >= 4 is 17.5 Å². The summed E-state index contributed by atoms with van der Waals surface area (Å²) in [6.07, 6.45) is 0. The number of carbonyl (C=O) groups excluding carboxylic acids is 1. The Morgan fingerprint density at radius 2 is 1.83 bits per heavy atom. The van der Waals surface area contributed by atoms with Gasteiger partial charge in [-0.15, -0.1) is 0 Å². The van der Waals surface area contributed by atoms with Gasteiger partial charge >= 0.3 is 0 Å². The molecule has 122 valence electrons. The molecule has 23 heavy (non-hydrogen) atoms. The van der Waals surface area contributed by atoms with Crippen molar-refractivity contribution in [1.29, 1.82) is 0 Å². The van der Waals surface area contributed by atoms with Crippen LogP contribution in [0.15, 0.2) is 36.4 Å². The van der Waals surface area contributed by atoms with E-state index in [-0.39, 0.29) is 18.6 Å². The highest BCUT2D eigenvalue weighted by molar-refractivity contribution is 6.31. The third kappa shape index (κ3) is 4.73. The van der Waals surface area contributed by atoms with Crippen molar-refractivity contribution in [3.63, 3.8) is 0 Å². The predicted octanol–water partition coefficient (Wildman–Crippen LogP) is 4.52. The van der Waals surface area contributed by atoms with Crippen molar-refractivity contribution in [3.05, 3.63) is 63.7 Å². The van der Waals surface area contributed by atoms with E-state index in [1.54, 1.807) is 12.1 Å². The number of hydrogen-bond acceptors (Lipinski definition) is 2. The average molecular weight is 332 g/mol. The third-order valence-electron chi connectivity index (χ3n) is 3.91. The topological polar surface area (TPSA) is 38.3 Å². The molecular formula is C19H22ClNO2. The Morgan fingerprint density at radius 1 is 1.09 bits per heavy atom. The second-order valence-corrected chi connectivity index (χ2v) is 6.24. The Kier molecular flexibility index (Phi) is 5.67. The summed E-state index contributed by atoms with van der Waals surface area (Å²) in [5.41, 5.74) is 4.47. The van der Waals surface area contributed by atoms with Gasteiger partial charge in [0.05, 0.1) is 6.04 Å². The zero-order valence-corrected chi connectivity index (χ0v) is 14.7. The molecule has 0 aliphatic heterocycles. The first-order valence-electron chi connectivity index (χ1n) is 7.62. The van der Waals surface area contributed by atoms with E-state index in [1.165, 1.54) is 11.1 Å². The Bertz CT molecular complexity index is 713. The molecule has 0 saturated heterocycles. The van der Waals surface area contributed by atoms with E-state index in [1.807, 2.05) is 26.0 Å². The summed E-state index contributed by atoms with van der Waals surface area (Å²) in [5, 5.41) is 3.63. The number of carbonyl (C=O) groups is 1. The first kappa shape index (κ1) is 17.4. The van der Waals surface area contributed by atoms with E-state index in [9.17, 15) is 4.79 Å². The van der Waals surface area contributed by atoms with Crippen molar-refractivity contribution in [2.24, 2.45) is 0 Å². The average Bonchev–Trinajstić information content (AvgIpc) is 2.51. The molecule has 0 aliphatic carbocycles. The lowest BCUT2D eigenvalue weighted by molar-refractivity contribution is -0.123. The van der Waals surface area contributed by atoms with Crippen LogP contribution in [0.25, 0.3) is 0 Å². The molecule has 0 spiro atoms. The molecular weight excluding hydrogens is 310 g/mol. The summed E-state index contributed by atoms with van der Waals surface area (Å²) < 4.78 is 5.51. The molecule has 0 radical (unpaired) electrons. The molecule has 0 bridgehead atoms. The molecule has 2 aromatic carbocycles. The fraction of sp³-hybridized carbons (Fsp3) is 0.316. The van der Waals surface area contributed by atoms with Gasteiger partial charge in [-0.25, -0.2) is 0 Å². The minimum absolute atomic E-state index is 0.0176. The summed E-state index contributed by atoms with van der Waals surface area (Å²) in [5.74, 6) is 0.490. The zero-order chi connectivity index (χ0) is 17.0. The van der Waals surface area contributed by atoms with Gasteiger partial charge < -0.3 is 10.1 Å². The highest BCUT2D eigenvalue weighted by Gasteiger charge is 2.11. The van der Waals surface area contributed by atoms with Crippen LogP contribution >= 0.6 is 11.6 Å². The maximum absolute atomic E-state index is 12.0. The molecule has 1 unspecified atom stereocenters. The predicted molar refractivity (Wildman–Crippen MR) is 94.2 cm³/mol. The van der Waals surface area contributed by atoms with Crippen molar-refractivity contribution in [1.82, 2.24) is 5.32 Å². The van der Waals surface area contributed by atoms with Crippen LogP contribution < -0.4 is 10.1 Å². The fourth-order valence-electron chi connectivity index (χ4n) is 2.26. The van der Waals surface area contributed by atoms with Crippen LogP contribution in [-0.4, -0.2) is 12.5 Å². The van der Waals surface area contributed by atoms with Crippen molar-refractivity contribution in [3.8, 4) is 5.75 Å². The molecule has 4 heteroatoms. The van der Waals surface area contributed by atoms with Crippen LogP contribution in [0, 0.1) is 20.8 Å². The minimum Gasteiger partial charge on any atom is -0.484 e. The number of hydrogen-bond donors (Lipinski definition) is 1. The van der Waals surface area contributed by atoms with Crippen molar-refractivity contribution in [2.45, 2.75) is 33.7 Å². The Morgan fingerprint density at radius 3 is 2.48 bits per heavy atom. The van der Waals surface area contributed by atoms with Crippen LogP contribution in [0.4, 0.5) is 0 Å². The molecule has 0 heterocycles. The SMILES string of the molecule is Cc1ccc(C(C)NC(=O)COc2ccc(Cl)c(C)c2)cc1C. The lowest BCUT2D eigenvalue weighted by Gasteiger charge is -2.16. The summed E-state index contributed by atoms with van der Waals surface area (Å²) in [6.45, 7) is 7.99. The smallest absolute Gasteiger partial charge is 0.258 e. The second-order valence-electron chi connectivity index (χ2n) is 5.83. The number of ether oxygens (including phenoxy) is 1. The summed E-state index contributed by atoms with van der Waals surface area (Å²) >= 11 is 5.97. The Hall–Kier alpha value is -2.00. The van der Waals surface area contributed by atoms with Gasteiger partial charge in [-0.05, 0) is 68.1 Å². The Balaban J connectivity index is 1.90. The van der Waals surface area contributed by atoms with Gasteiger partial charge in [0.25, 0.3) is 5.91 Å². The van der Waals surface area contributed by atoms with E-state index in [4.69, 9.17) is 16.3 Å². The van der Waals surface area contributed by atoms with Crippen LogP contribution in [0.2, 0.25) is 5.02 Å². The first-order chi connectivity index (χ1) is 10.9. The number of amides is 1. The summed E-state index contributed by atoms with van der Waals surface area (Å²) in [6, 6.07) is 11.5. The van der Waals surface area contributed by atoms with E-state index in [2.05, 4.69) is 31.3 Å². The van der Waals surface area contributed by atoms with Gasteiger partial charge in [0.15, 0.2) is 6.61 Å². The maximum atomic E-state index is 12.0. The molecule has 1 atom stereocenters. The van der Waals surface area contributed by atoms with Crippen molar-refractivity contribution < 1.29 is 9.53 Å². The molecule has 3 nitrogen and oxygen atoms in total. The number of rotatable bonds is 5. The first-order valence-corrected chi connectivity index (χ1v) is 8.00. The quantitative estimate of drug-likeness (QED) is 0.874. The monoisotopic (exact) mass is 331 g/mol. The van der Waals surface area contributed by atoms with Gasteiger partial charge in [0.2, 0.25) is 0 Å². The van der Waals surface area contributed by atoms with E-state index in [0.717, 1.165) is 11.1 Å². The molecule has 0 aliphatic rings. The standard InChI is InChI=1S/C19H22ClNO2/c1-12-5-6-16(9-13(12)2)15(4)21-19(22)11-23-17-7-8-18(20)14(3)10-17/h5-10,15H,11H2,1-4H3,(H,21,22). The van der Waals surface area contributed by atoms with Gasteiger partial charge in [-0.2, -0.15) is 0 Å². The second kappa shape index (κ2) is 7.51. The summed E-state index contributed by atoms with van der Waals surface area (Å²) in [4.78, 5) is 12.0. The van der Waals surface area contributed by atoms with Crippen LogP contribution in [-0.2, 0) is 4.79 Å². The zero-order valence-electron chi connectivity index (χ0n) is 13.9. The lowest BCUT2D eigenvalue weighted by atomic mass is 10.0. The van der Waals surface area contributed by atoms with E-state index >= 15 is 0 Å². The number of nitrogens with one attached hydrogen (secondary N) is 1. The lowest BCUT2D eigenvalue weighted by Crippen LogP contribution is -2.31. The normalized spacial score (nSPS) is 11.9. The Labute approximate surface area is 142 Å². The highest BCUT2D eigenvalue weighted by atomic mass is 35.5. The number of aryl methyl sites for hydroxylation is 3. The fourth-order valence-corrected chi connectivity index (χ4v) is 2.37. The van der Waals surface area contributed by atoms with Gasteiger partial charge in [0.1, 0.15) is 5.75 Å². The van der Waals surface area contributed by atoms with Gasteiger partial charge in [0, 0.05) is 5.02 Å². The van der Waals surface area contributed by atoms with Gasteiger partial charge in [-0.3, -0.25) is 4.79 Å². The van der Waals surface area contributed by atoms with E-state index < -0.39 is 0 Å². The van der Waals surface area contributed by atoms with Gasteiger partial charge in [-0.1, -0.05) is 29.8 Å². The molecule has 1 amide bonds. The molecule has 0 saturated carbocycles. The molecule has 2 aromatic rings. The minimum atomic E-state index is -0.150. The number of benzene rings is 2. The molecule has 0 fully saturated rings. The molecule has 1 N–H and O–H groups in total. The van der Waals surface area contributed by atoms with Crippen molar-refractivity contribution in [2.75, 3.05) is 6.61 Å². The molecule has 0 aromatic heterocycles. The highest BCUT2D eigenvalue weighted by Crippen LogP contribution is 2.21. The number of halogens is 1. The molecule has 2 rings (SSSR count).